The monoisotopic (exact) mass is 270 g/mol. The molecule has 0 aliphatic heterocycles. The molecule has 0 radical (unpaired) electrons. The van der Waals surface area contributed by atoms with Crippen molar-refractivity contribution in [2.24, 2.45) is 0 Å². The van der Waals surface area contributed by atoms with Gasteiger partial charge in [-0.05, 0) is 35.4 Å². The summed E-state index contributed by atoms with van der Waals surface area (Å²) < 4.78 is 5.46. The van der Waals surface area contributed by atoms with Crippen LogP contribution in [0.4, 0.5) is 0 Å². The van der Waals surface area contributed by atoms with Gasteiger partial charge in [-0.1, -0.05) is 17.7 Å². The molecule has 2 aromatic heterocycles. The van der Waals surface area contributed by atoms with E-state index in [1.807, 2.05) is 42.7 Å². The minimum absolute atomic E-state index is 0.694. The fraction of sp³-hybridized carbons (Fsp3) is 0.0667. The van der Waals surface area contributed by atoms with Crippen LogP contribution in [0.25, 0.3) is 11.3 Å². The van der Waals surface area contributed by atoms with Crippen molar-refractivity contribution in [1.29, 1.82) is 0 Å². The second-order valence-corrected chi connectivity index (χ2v) is 4.64. The van der Waals surface area contributed by atoms with Crippen LogP contribution in [0, 0.1) is 0 Å². The summed E-state index contributed by atoms with van der Waals surface area (Å²) in [5, 5.41) is 0.694. The third-order valence-corrected chi connectivity index (χ3v) is 3.10. The van der Waals surface area contributed by atoms with Crippen molar-refractivity contribution in [2.75, 3.05) is 0 Å². The van der Waals surface area contributed by atoms with Crippen molar-refractivity contribution in [3.05, 3.63) is 71.5 Å². The maximum absolute atomic E-state index is 6.07. The maximum atomic E-state index is 6.07. The first-order chi connectivity index (χ1) is 9.33. The Hall–Kier alpha value is -2.13. The first-order valence-corrected chi connectivity index (χ1v) is 6.27. The van der Waals surface area contributed by atoms with Crippen molar-refractivity contribution in [3.63, 3.8) is 0 Å². The molecule has 0 saturated heterocycles. The number of aromatic nitrogens is 2. The Morgan fingerprint density at radius 1 is 1.11 bits per heavy atom. The van der Waals surface area contributed by atoms with E-state index in [0.717, 1.165) is 28.9 Å². The average Bonchev–Trinajstić information content (AvgIpc) is 2.96. The third-order valence-electron chi connectivity index (χ3n) is 2.87. The Kier molecular flexibility index (Phi) is 3.29. The summed E-state index contributed by atoms with van der Waals surface area (Å²) in [7, 11) is 0. The Morgan fingerprint density at radius 2 is 1.95 bits per heavy atom. The number of halogens is 1. The van der Waals surface area contributed by atoms with Crippen LogP contribution >= 0.6 is 11.6 Å². The van der Waals surface area contributed by atoms with E-state index in [2.05, 4.69) is 9.97 Å². The van der Waals surface area contributed by atoms with Gasteiger partial charge in [0.15, 0.2) is 0 Å². The van der Waals surface area contributed by atoms with E-state index in [-0.39, 0.29) is 0 Å². The fourth-order valence-corrected chi connectivity index (χ4v) is 2.18. The highest BCUT2D eigenvalue weighted by Gasteiger charge is 2.09. The molecule has 0 aliphatic rings. The van der Waals surface area contributed by atoms with Gasteiger partial charge in [0.1, 0.15) is 12.1 Å². The SMILES string of the molecule is Clc1ccc(Cc2cncnc2)c(-c2ccco2)c1. The molecular weight excluding hydrogens is 260 g/mol. The lowest BCUT2D eigenvalue weighted by atomic mass is 10.00. The minimum atomic E-state index is 0.694. The molecule has 0 amide bonds. The normalized spacial score (nSPS) is 10.6. The van der Waals surface area contributed by atoms with Crippen LogP contribution in [-0.4, -0.2) is 9.97 Å². The molecule has 3 nitrogen and oxygen atoms in total. The van der Waals surface area contributed by atoms with E-state index < -0.39 is 0 Å². The van der Waals surface area contributed by atoms with E-state index in [1.165, 1.54) is 6.33 Å². The Balaban J connectivity index is 2.02. The van der Waals surface area contributed by atoms with Crippen LogP contribution in [0.3, 0.4) is 0 Å². The summed E-state index contributed by atoms with van der Waals surface area (Å²) in [5.74, 6) is 0.814. The van der Waals surface area contributed by atoms with Gasteiger partial charge in [0, 0.05) is 29.4 Å². The van der Waals surface area contributed by atoms with E-state index >= 15 is 0 Å². The van der Waals surface area contributed by atoms with Crippen LogP contribution in [0.5, 0.6) is 0 Å². The summed E-state index contributed by atoms with van der Waals surface area (Å²) >= 11 is 6.07. The van der Waals surface area contributed by atoms with Gasteiger partial charge in [0.2, 0.25) is 0 Å². The maximum Gasteiger partial charge on any atom is 0.134 e. The van der Waals surface area contributed by atoms with Gasteiger partial charge in [-0.2, -0.15) is 0 Å². The summed E-state index contributed by atoms with van der Waals surface area (Å²) in [5.41, 5.74) is 3.19. The highest BCUT2D eigenvalue weighted by atomic mass is 35.5. The van der Waals surface area contributed by atoms with Crippen molar-refractivity contribution < 1.29 is 4.42 Å². The number of hydrogen-bond donors (Lipinski definition) is 0. The molecule has 19 heavy (non-hydrogen) atoms. The zero-order chi connectivity index (χ0) is 13.1. The molecule has 0 N–H and O–H groups in total. The van der Waals surface area contributed by atoms with Crippen LogP contribution in [0.1, 0.15) is 11.1 Å². The topological polar surface area (TPSA) is 38.9 Å². The molecule has 0 bridgehead atoms. The van der Waals surface area contributed by atoms with Gasteiger partial charge in [0.25, 0.3) is 0 Å². The summed E-state index contributed by atoms with van der Waals surface area (Å²) in [4.78, 5) is 8.06. The van der Waals surface area contributed by atoms with Gasteiger partial charge in [-0.25, -0.2) is 9.97 Å². The largest absolute Gasteiger partial charge is 0.464 e. The van der Waals surface area contributed by atoms with Crippen molar-refractivity contribution in [1.82, 2.24) is 9.97 Å². The van der Waals surface area contributed by atoms with Crippen LogP contribution in [-0.2, 0) is 6.42 Å². The molecule has 2 heterocycles. The molecular formula is C15H11ClN2O. The fourth-order valence-electron chi connectivity index (χ4n) is 2.01. The molecule has 0 aliphatic carbocycles. The highest BCUT2D eigenvalue weighted by molar-refractivity contribution is 6.30. The molecule has 1 aromatic carbocycles. The Bertz CT molecular complexity index is 666. The Morgan fingerprint density at radius 3 is 2.68 bits per heavy atom. The van der Waals surface area contributed by atoms with Gasteiger partial charge in [-0.15, -0.1) is 0 Å². The lowest BCUT2D eigenvalue weighted by molar-refractivity contribution is 0.581. The first kappa shape index (κ1) is 11.9. The molecule has 4 heteroatoms. The lowest BCUT2D eigenvalue weighted by Crippen LogP contribution is -1.93. The van der Waals surface area contributed by atoms with Gasteiger partial charge in [-0.3, -0.25) is 0 Å². The molecule has 0 atom stereocenters. The summed E-state index contributed by atoms with van der Waals surface area (Å²) in [6.07, 6.45) is 7.56. The average molecular weight is 271 g/mol. The third kappa shape index (κ3) is 2.66. The van der Waals surface area contributed by atoms with Crippen LogP contribution in [0.2, 0.25) is 5.02 Å². The van der Waals surface area contributed by atoms with E-state index in [4.69, 9.17) is 16.0 Å². The Labute approximate surface area is 115 Å². The lowest BCUT2D eigenvalue weighted by Gasteiger charge is -2.08. The van der Waals surface area contributed by atoms with E-state index in [0.29, 0.717) is 5.02 Å². The number of rotatable bonds is 3. The highest BCUT2D eigenvalue weighted by Crippen LogP contribution is 2.28. The number of nitrogens with zero attached hydrogens (tertiary/aromatic N) is 2. The van der Waals surface area contributed by atoms with Crippen LogP contribution in [0.15, 0.2) is 59.7 Å². The summed E-state index contributed by atoms with van der Waals surface area (Å²) in [6.45, 7) is 0. The quantitative estimate of drug-likeness (QED) is 0.722. The number of furan rings is 1. The molecule has 0 fully saturated rings. The zero-order valence-electron chi connectivity index (χ0n) is 10.1. The second-order valence-electron chi connectivity index (χ2n) is 4.20. The van der Waals surface area contributed by atoms with Crippen molar-refractivity contribution >= 4 is 11.6 Å². The standard InChI is InChI=1S/C15H11ClN2O/c16-13-4-3-12(6-11-8-17-10-18-9-11)14(7-13)15-2-1-5-19-15/h1-5,7-10H,6H2. The van der Waals surface area contributed by atoms with Gasteiger partial charge >= 0.3 is 0 Å². The first-order valence-electron chi connectivity index (χ1n) is 5.89. The zero-order valence-corrected chi connectivity index (χ0v) is 10.8. The molecule has 0 saturated carbocycles. The van der Waals surface area contributed by atoms with Crippen molar-refractivity contribution in [2.45, 2.75) is 6.42 Å². The number of hydrogen-bond acceptors (Lipinski definition) is 3. The molecule has 3 rings (SSSR count). The number of benzene rings is 1. The van der Waals surface area contributed by atoms with Crippen LogP contribution < -0.4 is 0 Å². The van der Waals surface area contributed by atoms with E-state index in [1.54, 1.807) is 6.26 Å². The predicted molar refractivity (Wildman–Crippen MR) is 74.0 cm³/mol. The molecule has 3 aromatic rings. The van der Waals surface area contributed by atoms with Gasteiger partial charge in [0.05, 0.1) is 6.26 Å². The minimum Gasteiger partial charge on any atom is -0.464 e. The molecule has 94 valence electrons. The smallest absolute Gasteiger partial charge is 0.134 e. The molecule has 0 unspecified atom stereocenters. The van der Waals surface area contributed by atoms with Gasteiger partial charge < -0.3 is 4.42 Å². The predicted octanol–water partition coefficient (Wildman–Crippen LogP) is 3.98. The summed E-state index contributed by atoms with van der Waals surface area (Å²) in [6, 6.07) is 9.60. The van der Waals surface area contributed by atoms with E-state index in [9.17, 15) is 0 Å². The van der Waals surface area contributed by atoms with Crippen molar-refractivity contribution in [3.8, 4) is 11.3 Å². The molecule has 0 spiro atoms. The second kappa shape index (κ2) is 5.24.